The number of carboxylic acid groups (broad SMARTS) is 1. The van der Waals surface area contributed by atoms with E-state index in [-0.39, 0.29) is 12.7 Å². The predicted molar refractivity (Wildman–Crippen MR) is 54.6 cm³/mol. The summed E-state index contributed by atoms with van der Waals surface area (Å²) < 4.78 is 0. The second-order valence-electron chi connectivity index (χ2n) is 2.62. The van der Waals surface area contributed by atoms with Crippen molar-refractivity contribution in [3.05, 3.63) is 0 Å². The summed E-state index contributed by atoms with van der Waals surface area (Å²) in [4.78, 5) is 10.3. The molecule has 0 heterocycles. The van der Waals surface area contributed by atoms with Crippen molar-refractivity contribution in [1.29, 1.82) is 0 Å². The lowest BCUT2D eigenvalue weighted by Crippen LogP contribution is -2.32. The largest absolute Gasteiger partial charge is 0.480 e. The van der Waals surface area contributed by atoms with Crippen molar-refractivity contribution in [2.45, 2.75) is 44.9 Å². The minimum absolute atomic E-state index is 0. The lowest BCUT2D eigenvalue weighted by atomic mass is 10.1. The van der Waals surface area contributed by atoms with Crippen LogP contribution in [0.4, 0.5) is 0 Å². The van der Waals surface area contributed by atoms with Crippen LogP contribution in [0.1, 0.15) is 33.6 Å². The van der Waals surface area contributed by atoms with Gasteiger partial charge in [0.15, 0.2) is 0 Å². The first kappa shape index (κ1) is 14.3. The van der Waals surface area contributed by atoms with E-state index in [2.05, 4.69) is 12.6 Å². The van der Waals surface area contributed by atoms with E-state index in [1.165, 1.54) is 0 Å². The topological polar surface area (TPSA) is 63.3 Å². The highest BCUT2D eigenvalue weighted by Crippen LogP contribution is 2.10. The van der Waals surface area contributed by atoms with Crippen LogP contribution in [0.25, 0.3) is 0 Å². The second-order valence-corrected chi connectivity index (χ2v) is 3.35. The van der Waals surface area contributed by atoms with Crippen LogP contribution in [0.5, 0.6) is 0 Å². The molecule has 0 bridgehead atoms. The summed E-state index contributed by atoms with van der Waals surface area (Å²) in [5.41, 5.74) is 5.30. The molecule has 0 fully saturated rings. The van der Waals surface area contributed by atoms with Crippen LogP contribution in [-0.2, 0) is 4.79 Å². The quantitative estimate of drug-likeness (QED) is 0.580. The maximum atomic E-state index is 10.3. The first-order valence-electron chi connectivity index (χ1n) is 3.74. The molecule has 3 nitrogen and oxygen atoms in total. The summed E-state index contributed by atoms with van der Waals surface area (Å²) in [5, 5.41) is 8.56. The summed E-state index contributed by atoms with van der Waals surface area (Å²) in [6.07, 6.45) is 2.39. The Morgan fingerprint density at radius 1 is 1.67 bits per heavy atom. The van der Waals surface area contributed by atoms with Crippen molar-refractivity contribution in [2.24, 2.45) is 5.73 Å². The molecule has 0 aromatic rings. The number of hydrogen-bond donors (Lipinski definition) is 3. The van der Waals surface area contributed by atoms with Crippen LogP contribution in [0, 0.1) is 0 Å². The number of carboxylic acids is 1. The standard InChI is InChI=1S/C7H15NO2S.CH4/c1-2-3-5(11)4-6(8)7(9)10;/h5-6,11H,2-4,8H2,1H3,(H,9,10);1H4. The molecule has 2 unspecified atom stereocenters. The molecular formula is C8H19NO2S. The van der Waals surface area contributed by atoms with Gasteiger partial charge in [-0.05, 0) is 12.8 Å². The number of nitrogens with two attached hydrogens (primary N) is 1. The second kappa shape index (κ2) is 7.43. The molecule has 0 aliphatic heterocycles. The summed E-state index contributed by atoms with van der Waals surface area (Å²) >= 11 is 4.20. The summed E-state index contributed by atoms with van der Waals surface area (Å²) in [6, 6.07) is -0.760. The van der Waals surface area contributed by atoms with Crippen molar-refractivity contribution >= 4 is 18.6 Å². The van der Waals surface area contributed by atoms with E-state index in [0.29, 0.717) is 6.42 Å². The molecule has 0 rings (SSSR count). The Morgan fingerprint density at radius 2 is 2.17 bits per heavy atom. The molecule has 0 spiro atoms. The first-order chi connectivity index (χ1) is 5.07. The smallest absolute Gasteiger partial charge is 0.320 e. The molecule has 0 aliphatic carbocycles. The van der Waals surface area contributed by atoms with E-state index in [9.17, 15) is 4.79 Å². The molecule has 2 atom stereocenters. The van der Waals surface area contributed by atoms with Gasteiger partial charge >= 0.3 is 5.97 Å². The minimum Gasteiger partial charge on any atom is -0.480 e. The van der Waals surface area contributed by atoms with Gasteiger partial charge in [-0.25, -0.2) is 0 Å². The lowest BCUT2D eigenvalue weighted by molar-refractivity contribution is -0.138. The van der Waals surface area contributed by atoms with Gasteiger partial charge in [-0.3, -0.25) is 4.79 Å². The average Bonchev–Trinajstić information content (AvgIpc) is 1.87. The van der Waals surface area contributed by atoms with Gasteiger partial charge in [0, 0.05) is 5.25 Å². The fourth-order valence-corrected chi connectivity index (χ4v) is 1.33. The van der Waals surface area contributed by atoms with Crippen LogP contribution >= 0.6 is 12.6 Å². The van der Waals surface area contributed by atoms with E-state index in [0.717, 1.165) is 12.8 Å². The average molecular weight is 193 g/mol. The summed E-state index contributed by atoms with van der Waals surface area (Å²) in [6.45, 7) is 2.04. The maximum Gasteiger partial charge on any atom is 0.320 e. The maximum absolute atomic E-state index is 10.3. The van der Waals surface area contributed by atoms with Crippen molar-refractivity contribution in [3.8, 4) is 0 Å². The summed E-state index contributed by atoms with van der Waals surface area (Å²) in [5.74, 6) is -0.944. The normalized spacial score (nSPS) is 14.6. The Labute approximate surface area is 79.8 Å². The predicted octanol–water partition coefficient (Wildman–Crippen LogP) is 1.52. The van der Waals surface area contributed by atoms with Gasteiger partial charge in [0.2, 0.25) is 0 Å². The third kappa shape index (κ3) is 6.49. The minimum atomic E-state index is -0.944. The number of hydrogen-bond acceptors (Lipinski definition) is 3. The Kier molecular flexibility index (Phi) is 8.86. The third-order valence-electron chi connectivity index (χ3n) is 1.47. The van der Waals surface area contributed by atoms with Gasteiger partial charge in [-0.1, -0.05) is 20.8 Å². The van der Waals surface area contributed by atoms with E-state index >= 15 is 0 Å². The highest BCUT2D eigenvalue weighted by Gasteiger charge is 2.14. The van der Waals surface area contributed by atoms with Crippen LogP contribution in [0.2, 0.25) is 0 Å². The van der Waals surface area contributed by atoms with Gasteiger partial charge in [0.25, 0.3) is 0 Å². The molecule has 0 amide bonds. The Balaban J connectivity index is 0. The Hall–Kier alpha value is -0.220. The fourth-order valence-electron chi connectivity index (χ4n) is 0.845. The highest BCUT2D eigenvalue weighted by molar-refractivity contribution is 7.80. The van der Waals surface area contributed by atoms with Gasteiger partial charge < -0.3 is 10.8 Å². The first-order valence-corrected chi connectivity index (χ1v) is 4.26. The zero-order valence-electron chi connectivity index (χ0n) is 6.66. The molecule has 74 valence electrons. The van der Waals surface area contributed by atoms with Crippen molar-refractivity contribution in [3.63, 3.8) is 0 Å². The molecule has 0 aromatic carbocycles. The zero-order chi connectivity index (χ0) is 8.85. The zero-order valence-corrected chi connectivity index (χ0v) is 7.55. The Bertz CT molecular complexity index is 130. The van der Waals surface area contributed by atoms with Crippen LogP contribution in [0.15, 0.2) is 0 Å². The molecule has 3 N–H and O–H groups in total. The van der Waals surface area contributed by atoms with Crippen LogP contribution in [-0.4, -0.2) is 22.4 Å². The van der Waals surface area contributed by atoms with Crippen molar-refractivity contribution in [2.75, 3.05) is 0 Å². The number of thiol groups is 1. The number of rotatable bonds is 5. The van der Waals surface area contributed by atoms with Gasteiger partial charge in [0.05, 0.1) is 0 Å². The van der Waals surface area contributed by atoms with Crippen LogP contribution in [0.3, 0.4) is 0 Å². The van der Waals surface area contributed by atoms with Gasteiger partial charge in [0.1, 0.15) is 6.04 Å². The van der Waals surface area contributed by atoms with Gasteiger partial charge in [-0.2, -0.15) is 12.6 Å². The SMILES string of the molecule is C.CCCC(S)CC(N)C(=O)O. The molecule has 0 aliphatic rings. The van der Waals surface area contributed by atoms with E-state index in [1.54, 1.807) is 0 Å². The lowest BCUT2D eigenvalue weighted by Gasteiger charge is -2.11. The van der Waals surface area contributed by atoms with Gasteiger partial charge in [-0.15, -0.1) is 0 Å². The highest BCUT2D eigenvalue weighted by atomic mass is 32.1. The van der Waals surface area contributed by atoms with Crippen LogP contribution < -0.4 is 5.73 Å². The third-order valence-corrected chi connectivity index (χ3v) is 1.93. The molecule has 12 heavy (non-hydrogen) atoms. The molecular weight excluding hydrogens is 174 g/mol. The molecule has 0 saturated heterocycles. The number of carbonyl (C=O) groups is 1. The fraction of sp³-hybridized carbons (Fsp3) is 0.875. The molecule has 0 radical (unpaired) electrons. The molecule has 0 aromatic heterocycles. The van der Waals surface area contributed by atoms with E-state index in [1.807, 2.05) is 6.92 Å². The monoisotopic (exact) mass is 193 g/mol. The van der Waals surface area contributed by atoms with Crippen molar-refractivity contribution in [1.82, 2.24) is 0 Å². The van der Waals surface area contributed by atoms with Crippen molar-refractivity contribution < 1.29 is 9.90 Å². The van der Waals surface area contributed by atoms with E-state index < -0.39 is 12.0 Å². The number of aliphatic carboxylic acids is 1. The summed E-state index contributed by atoms with van der Waals surface area (Å²) in [7, 11) is 0. The Morgan fingerprint density at radius 3 is 2.50 bits per heavy atom. The van der Waals surface area contributed by atoms with E-state index in [4.69, 9.17) is 10.8 Å². The molecule has 0 saturated carbocycles. The molecule has 4 heteroatoms.